The maximum Gasteiger partial charge on any atom is 0.161 e. The Hall–Kier alpha value is -1.68. The SMILES string of the molecule is O=Cc1cnc(-c2cccc(O)c2)s1. The van der Waals surface area contributed by atoms with Gasteiger partial charge in [-0.05, 0) is 12.1 Å². The lowest BCUT2D eigenvalue weighted by molar-refractivity contribution is 0.112. The average Bonchev–Trinajstić information content (AvgIpc) is 2.66. The van der Waals surface area contributed by atoms with Gasteiger partial charge < -0.3 is 5.11 Å². The van der Waals surface area contributed by atoms with Gasteiger partial charge in [0.2, 0.25) is 0 Å². The Kier molecular flexibility index (Phi) is 2.28. The summed E-state index contributed by atoms with van der Waals surface area (Å²) in [7, 11) is 0. The number of carbonyl (C=O) groups excluding carboxylic acids is 1. The van der Waals surface area contributed by atoms with E-state index in [1.165, 1.54) is 17.5 Å². The summed E-state index contributed by atoms with van der Waals surface area (Å²) < 4.78 is 0. The number of hydrogen-bond donors (Lipinski definition) is 1. The second-order valence-corrected chi connectivity index (χ2v) is 3.80. The Morgan fingerprint density at radius 1 is 1.43 bits per heavy atom. The monoisotopic (exact) mass is 205 g/mol. The fraction of sp³-hybridized carbons (Fsp3) is 0. The first-order valence-corrected chi connectivity index (χ1v) is 4.81. The summed E-state index contributed by atoms with van der Waals surface area (Å²) in [4.78, 5) is 15.1. The van der Waals surface area contributed by atoms with Crippen LogP contribution in [0.15, 0.2) is 30.5 Å². The molecule has 0 atom stereocenters. The molecule has 0 aliphatic rings. The zero-order chi connectivity index (χ0) is 9.97. The van der Waals surface area contributed by atoms with Crippen molar-refractivity contribution < 1.29 is 9.90 Å². The van der Waals surface area contributed by atoms with E-state index in [2.05, 4.69) is 4.98 Å². The molecule has 0 bridgehead atoms. The number of carbonyl (C=O) groups is 1. The van der Waals surface area contributed by atoms with Crippen molar-refractivity contribution in [2.45, 2.75) is 0 Å². The molecule has 3 nitrogen and oxygen atoms in total. The van der Waals surface area contributed by atoms with E-state index in [0.29, 0.717) is 4.88 Å². The van der Waals surface area contributed by atoms with E-state index >= 15 is 0 Å². The van der Waals surface area contributed by atoms with Crippen molar-refractivity contribution in [1.82, 2.24) is 4.98 Å². The minimum Gasteiger partial charge on any atom is -0.508 e. The molecule has 0 aliphatic heterocycles. The largest absolute Gasteiger partial charge is 0.508 e. The molecule has 0 aliphatic carbocycles. The zero-order valence-corrected chi connectivity index (χ0v) is 7.99. The summed E-state index contributed by atoms with van der Waals surface area (Å²) in [6.45, 7) is 0. The lowest BCUT2D eigenvalue weighted by Crippen LogP contribution is -1.73. The van der Waals surface area contributed by atoms with E-state index in [1.54, 1.807) is 18.2 Å². The van der Waals surface area contributed by atoms with Gasteiger partial charge in [0.25, 0.3) is 0 Å². The Morgan fingerprint density at radius 2 is 2.29 bits per heavy atom. The van der Waals surface area contributed by atoms with E-state index in [-0.39, 0.29) is 5.75 Å². The average molecular weight is 205 g/mol. The van der Waals surface area contributed by atoms with Crippen LogP contribution in [0.3, 0.4) is 0 Å². The van der Waals surface area contributed by atoms with Crippen LogP contribution in [-0.2, 0) is 0 Å². The van der Waals surface area contributed by atoms with E-state index in [9.17, 15) is 9.90 Å². The van der Waals surface area contributed by atoms with Crippen LogP contribution in [0.25, 0.3) is 10.6 Å². The van der Waals surface area contributed by atoms with Gasteiger partial charge in [0, 0.05) is 11.8 Å². The Labute approximate surface area is 84.7 Å². The summed E-state index contributed by atoms with van der Waals surface area (Å²) in [5, 5.41) is 9.98. The zero-order valence-electron chi connectivity index (χ0n) is 7.18. The quantitative estimate of drug-likeness (QED) is 0.765. The summed E-state index contributed by atoms with van der Waals surface area (Å²) in [6.07, 6.45) is 2.29. The third-order valence-electron chi connectivity index (χ3n) is 1.73. The molecule has 0 saturated heterocycles. The molecular weight excluding hydrogens is 198 g/mol. The van der Waals surface area contributed by atoms with E-state index < -0.39 is 0 Å². The molecule has 0 amide bonds. The van der Waals surface area contributed by atoms with Crippen molar-refractivity contribution in [3.63, 3.8) is 0 Å². The molecular formula is C10H7NO2S. The summed E-state index contributed by atoms with van der Waals surface area (Å²) >= 11 is 1.30. The van der Waals surface area contributed by atoms with Crippen molar-refractivity contribution >= 4 is 17.6 Å². The molecule has 0 fully saturated rings. The standard InChI is InChI=1S/C10H7NO2S/c12-6-9-5-11-10(14-9)7-2-1-3-8(13)4-7/h1-6,13H. The van der Waals surface area contributed by atoms with Crippen LogP contribution in [0.5, 0.6) is 5.75 Å². The number of aromatic nitrogens is 1. The topological polar surface area (TPSA) is 50.2 Å². The molecule has 4 heteroatoms. The first kappa shape index (κ1) is 8.90. The number of aromatic hydroxyl groups is 1. The third kappa shape index (κ3) is 1.65. The van der Waals surface area contributed by atoms with Crippen LogP contribution in [0, 0.1) is 0 Å². The maximum absolute atomic E-state index is 10.4. The van der Waals surface area contributed by atoms with Gasteiger partial charge in [0.05, 0.1) is 4.88 Å². The van der Waals surface area contributed by atoms with Crippen LogP contribution >= 0.6 is 11.3 Å². The third-order valence-corrected chi connectivity index (χ3v) is 2.70. The molecule has 1 aromatic carbocycles. The van der Waals surface area contributed by atoms with Crippen LogP contribution in [0.4, 0.5) is 0 Å². The minimum atomic E-state index is 0.199. The van der Waals surface area contributed by atoms with Crippen molar-refractivity contribution in [2.24, 2.45) is 0 Å². The van der Waals surface area contributed by atoms with Gasteiger partial charge in [-0.25, -0.2) is 4.98 Å². The smallest absolute Gasteiger partial charge is 0.161 e. The van der Waals surface area contributed by atoms with Crippen LogP contribution in [-0.4, -0.2) is 16.4 Å². The van der Waals surface area contributed by atoms with Crippen LogP contribution in [0.1, 0.15) is 9.67 Å². The van der Waals surface area contributed by atoms with Gasteiger partial charge in [-0.15, -0.1) is 11.3 Å². The molecule has 1 aromatic heterocycles. The van der Waals surface area contributed by atoms with Crippen LogP contribution in [0.2, 0.25) is 0 Å². The summed E-state index contributed by atoms with van der Waals surface area (Å²) in [6, 6.07) is 6.80. The lowest BCUT2D eigenvalue weighted by Gasteiger charge is -1.95. The molecule has 2 rings (SSSR count). The molecule has 1 heterocycles. The molecule has 0 unspecified atom stereocenters. The molecule has 0 saturated carbocycles. The predicted molar refractivity (Wildman–Crippen MR) is 54.6 cm³/mol. The van der Waals surface area contributed by atoms with Crippen molar-refractivity contribution in [2.75, 3.05) is 0 Å². The number of rotatable bonds is 2. The Balaban J connectivity index is 2.43. The summed E-state index contributed by atoms with van der Waals surface area (Å²) in [5.74, 6) is 0.199. The lowest BCUT2D eigenvalue weighted by atomic mass is 10.2. The van der Waals surface area contributed by atoms with E-state index in [4.69, 9.17) is 0 Å². The number of thiazole rings is 1. The van der Waals surface area contributed by atoms with Gasteiger partial charge in [0.15, 0.2) is 6.29 Å². The number of aldehydes is 1. The van der Waals surface area contributed by atoms with Crippen molar-refractivity contribution in [1.29, 1.82) is 0 Å². The van der Waals surface area contributed by atoms with Gasteiger partial charge in [-0.1, -0.05) is 12.1 Å². The highest BCUT2D eigenvalue weighted by Crippen LogP contribution is 2.26. The minimum absolute atomic E-state index is 0.199. The van der Waals surface area contributed by atoms with E-state index in [0.717, 1.165) is 16.9 Å². The fourth-order valence-corrected chi connectivity index (χ4v) is 1.84. The maximum atomic E-state index is 10.4. The van der Waals surface area contributed by atoms with Gasteiger partial charge in [-0.3, -0.25) is 4.79 Å². The van der Waals surface area contributed by atoms with Crippen LogP contribution < -0.4 is 0 Å². The van der Waals surface area contributed by atoms with Crippen molar-refractivity contribution in [3.8, 4) is 16.3 Å². The number of hydrogen-bond acceptors (Lipinski definition) is 4. The summed E-state index contributed by atoms with van der Waals surface area (Å²) in [5.41, 5.74) is 0.822. The number of phenolic OH excluding ortho intramolecular Hbond substituents is 1. The highest BCUT2D eigenvalue weighted by atomic mass is 32.1. The number of benzene rings is 1. The number of nitrogens with zero attached hydrogens (tertiary/aromatic N) is 1. The van der Waals surface area contributed by atoms with Gasteiger partial charge in [0.1, 0.15) is 10.8 Å². The van der Waals surface area contributed by atoms with Gasteiger partial charge >= 0.3 is 0 Å². The van der Waals surface area contributed by atoms with Crippen molar-refractivity contribution in [3.05, 3.63) is 35.3 Å². The first-order chi connectivity index (χ1) is 6.79. The van der Waals surface area contributed by atoms with Gasteiger partial charge in [-0.2, -0.15) is 0 Å². The molecule has 2 aromatic rings. The predicted octanol–water partition coefficient (Wildman–Crippen LogP) is 2.33. The normalized spacial score (nSPS) is 10.0. The Morgan fingerprint density at radius 3 is 2.93 bits per heavy atom. The first-order valence-electron chi connectivity index (χ1n) is 4.00. The number of phenols is 1. The van der Waals surface area contributed by atoms with E-state index in [1.807, 2.05) is 6.07 Å². The molecule has 1 N–H and O–H groups in total. The highest BCUT2D eigenvalue weighted by Gasteiger charge is 2.04. The highest BCUT2D eigenvalue weighted by molar-refractivity contribution is 7.16. The Bertz CT molecular complexity index is 465. The molecule has 70 valence electrons. The second kappa shape index (κ2) is 3.59. The molecule has 14 heavy (non-hydrogen) atoms. The molecule has 0 radical (unpaired) electrons. The second-order valence-electron chi connectivity index (χ2n) is 2.74. The fourth-order valence-electron chi connectivity index (χ4n) is 1.11. The molecule has 0 spiro atoms.